The van der Waals surface area contributed by atoms with Crippen molar-refractivity contribution >= 4 is 23.6 Å². The summed E-state index contributed by atoms with van der Waals surface area (Å²) in [5.74, 6) is -0.947. The number of pyridine rings is 3. The Bertz CT molecular complexity index is 1480. The number of carbonyl (C=O) groups excluding carboxylic acids is 4. The molecule has 12 nitrogen and oxygen atoms in total. The van der Waals surface area contributed by atoms with Gasteiger partial charge < -0.3 is 20.1 Å². The molecule has 0 radical (unpaired) electrons. The van der Waals surface area contributed by atoms with Crippen LogP contribution in [0, 0.1) is 29.6 Å². The molecule has 2 amide bonds. The quantitative estimate of drug-likeness (QED) is 0.215. The lowest BCUT2D eigenvalue weighted by Gasteiger charge is -2.24. The number of nitrogens with one attached hydrogen (secondary N) is 2. The van der Waals surface area contributed by atoms with Gasteiger partial charge in [0, 0.05) is 75.5 Å². The average molecular weight is 671 g/mol. The van der Waals surface area contributed by atoms with Gasteiger partial charge >= 0.3 is 5.97 Å². The van der Waals surface area contributed by atoms with Crippen LogP contribution in [0.2, 0.25) is 0 Å². The highest BCUT2D eigenvalue weighted by Crippen LogP contribution is 2.44. The standard InChI is InChI=1S/C24H26N4O5.C13H20N2O/c1-14-19(29)9-17(21(14)15-5-3-7-25-11-15)23(31)27-13-33-24(32)18-10-20(30)28(2)22(18)16-6-4-8-26-12-16;1-10-4-5-12(8-15-9-16)13(10)11-3-2-6-14-7-11/h3-8,11-12,14,17-18,21-22H,9-10,13H2,1-2H3,(H,27,31);2-3,6-7,10,12-13,15-16H,4-5,8-9H2,1H3/t14-,17?,18?,21?,22?;10-,12?,13?/m11/s1. The Balaban J connectivity index is 0.000000244. The van der Waals surface area contributed by atoms with Crippen LogP contribution in [-0.2, 0) is 23.9 Å². The molecule has 3 N–H and O–H groups in total. The van der Waals surface area contributed by atoms with E-state index >= 15 is 0 Å². The zero-order chi connectivity index (χ0) is 34.9. The van der Waals surface area contributed by atoms with Crippen LogP contribution in [0.5, 0.6) is 0 Å². The summed E-state index contributed by atoms with van der Waals surface area (Å²) in [5, 5.41) is 14.5. The highest BCUT2D eigenvalue weighted by molar-refractivity contribution is 5.93. The summed E-state index contributed by atoms with van der Waals surface area (Å²) in [6, 6.07) is 10.9. The van der Waals surface area contributed by atoms with Crippen LogP contribution >= 0.6 is 0 Å². The van der Waals surface area contributed by atoms with Crippen molar-refractivity contribution < 1.29 is 29.0 Å². The number of hydrogen-bond donors (Lipinski definition) is 3. The van der Waals surface area contributed by atoms with E-state index in [1.807, 2.05) is 37.5 Å². The van der Waals surface area contributed by atoms with E-state index in [0.717, 1.165) is 23.6 Å². The first-order valence-electron chi connectivity index (χ1n) is 16.9. The van der Waals surface area contributed by atoms with Gasteiger partial charge in [-0.2, -0.15) is 0 Å². The second-order valence-electron chi connectivity index (χ2n) is 13.3. The number of carbonyl (C=O) groups is 4. The molecule has 6 rings (SSSR count). The normalized spacial score (nSPS) is 27.8. The monoisotopic (exact) mass is 670 g/mol. The number of hydrogen-bond acceptors (Lipinski definition) is 10. The molecule has 12 heteroatoms. The molecule has 3 aromatic rings. The smallest absolute Gasteiger partial charge is 0.313 e. The highest BCUT2D eigenvalue weighted by Gasteiger charge is 2.45. The maximum atomic E-state index is 12.9. The molecule has 260 valence electrons. The van der Waals surface area contributed by atoms with E-state index in [0.29, 0.717) is 11.8 Å². The van der Waals surface area contributed by atoms with Crippen molar-refractivity contribution in [1.82, 2.24) is 30.5 Å². The topological polar surface area (TPSA) is 164 Å². The Labute approximate surface area is 287 Å². The van der Waals surface area contributed by atoms with Crippen molar-refractivity contribution in [3.8, 4) is 0 Å². The number of amides is 2. The summed E-state index contributed by atoms with van der Waals surface area (Å²) < 4.78 is 5.33. The molecule has 1 saturated heterocycles. The van der Waals surface area contributed by atoms with E-state index in [1.165, 1.54) is 23.3 Å². The molecule has 3 aromatic heterocycles. The number of nitrogens with zero attached hydrogens (tertiary/aromatic N) is 4. The fourth-order valence-corrected chi connectivity index (χ4v) is 7.89. The van der Waals surface area contributed by atoms with Gasteiger partial charge in [-0.15, -0.1) is 0 Å². The van der Waals surface area contributed by atoms with Crippen molar-refractivity contribution in [3.63, 3.8) is 0 Å². The van der Waals surface area contributed by atoms with Crippen LogP contribution in [0.4, 0.5) is 0 Å². The zero-order valence-corrected chi connectivity index (χ0v) is 28.3. The maximum absolute atomic E-state index is 12.9. The van der Waals surface area contributed by atoms with Crippen molar-refractivity contribution in [2.75, 3.05) is 27.1 Å². The van der Waals surface area contributed by atoms with E-state index in [9.17, 15) is 19.2 Å². The van der Waals surface area contributed by atoms with Crippen molar-refractivity contribution in [2.24, 2.45) is 29.6 Å². The lowest BCUT2D eigenvalue weighted by molar-refractivity contribution is -0.151. The third kappa shape index (κ3) is 8.37. The molecule has 3 aliphatic rings. The molecule has 2 saturated carbocycles. The van der Waals surface area contributed by atoms with Gasteiger partial charge in [0.05, 0.1) is 24.6 Å². The van der Waals surface area contributed by atoms with Gasteiger partial charge in [-0.05, 0) is 65.5 Å². The van der Waals surface area contributed by atoms with Gasteiger partial charge in [-0.25, -0.2) is 0 Å². The molecule has 0 bridgehead atoms. The summed E-state index contributed by atoms with van der Waals surface area (Å²) >= 11 is 0. The fourth-order valence-electron chi connectivity index (χ4n) is 7.89. The van der Waals surface area contributed by atoms with Crippen LogP contribution in [0.15, 0.2) is 73.6 Å². The first-order chi connectivity index (χ1) is 23.7. The number of aliphatic hydroxyl groups excluding tert-OH is 1. The number of likely N-dealkylation sites (tertiary alicyclic amines) is 1. The lowest BCUT2D eigenvalue weighted by atomic mass is 9.84. The molecule has 6 unspecified atom stereocenters. The Morgan fingerprint density at radius 1 is 0.878 bits per heavy atom. The number of aliphatic hydroxyl groups is 1. The summed E-state index contributed by atoms with van der Waals surface area (Å²) in [4.78, 5) is 64.1. The average Bonchev–Trinajstić information content (AvgIpc) is 3.76. The Hall–Kier alpha value is -4.55. The fraction of sp³-hybridized carbons (Fsp3) is 0.486. The molecule has 4 heterocycles. The Kier molecular flexibility index (Phi) is 12.2. The molecule has 3 fully saturated rings. The van der Waals surface area contributed by atoms with E-state index in [-0.39, 0.29) is 55.7 Å². The predicted octanol–water partition coefficient (Wildman–Crippen LogP) is 3.37. The number of esters is 1. The third-order valence-electron chi connectivity index (χ3n) is 10.4. The highest BCUT2D eigenvalue weighted by atomic mass is 16.5. The van der Waals surface area contributed by atoms with Crippen LogP contribution in [0.25, 0.3) is 0 Å². The summed E-state index contributed by atoms with van der Waals surface area (Å²) in [7, 11) is 1.64. The van der Waals surface area contributed by atoms with Crippen molar-refractivity contribution in [2.45, 2.75) is 57.4 Å². The minimum Gasteiger partial charge on any atom is -0.444 e. The Morgan fingerprint density at radius 3 is 2.08 bits per heavy atom. The van der Waals surface area contributed by atoms with Crippen LogP contribution in [0.3, 0.4) is 0 Å². The zero-order valence-electron chi connectivity index (χ0n) is 28.3. The molecule has 49 heavy (non-hydrogen) atoms. The minimum atomic E-state index is -0.695. The number of ether oxygens (including phenoxy) is 1. The van der Waals surface area contributed by atoms with E-state index in [1.54, 1.807) is 44.0 Å². The van der Waals surface area contributed by atoms with Gasteiger partial charge in [0.1, 0.15) is 5.78 Å². The molecule has 8 atom stereocenters. The number of aromatic nitrogens is 3. The van der Waals surface area contributed by atoms with Crippen molar-refractivity contribution in [3.05, 3.63) is 90.3 Å². The molecule has 1 aliphatic heterocycles. The number of Topliss-reactive ketones (excluding diaryl/α,β-unsaturated/α-hetero) is 1. The molecular formula is C37H46N6O6. The van der Waals surface area contributed by atoms with Gasteiger partial charge in [-0.1, -0.05) is 32.0 Å². The maximum Gasteiger partial charge on any atom is 0.313 e. The third-order valence-corrected chi connectivity index (χ3v) is 10.4. The molecular weight excluding hydrogens is 624 g/mol. The van der Waals surface area contributed by atoms with E-state index < -0.39 is 23.8 Å². The van der Waals surface area contributed by atoms with Gasteiger partial charge in [0.2, 0.25) is 11.8 Å². The Morgan fingerprint density at radius 2 is 1.49 bits per heavy atom. The molecule has 2 aliphatic carbocycles. The van der Waals surface area contributed by atoms with Gasteiger partial charge in [-0.3, -0.25) is 39.4 Å². The second-order valence-corrected chi connectivity index (χ2v) is 13.3. The minimum absolute atomic E-state index is 0.0211. The predicted molar refractivity (Wildman–Crippen MR) is 180 cm³/mol. The summed E-state index contributed by atoms with van der Waals surface area (Å²) in [6.45, 7) is 4.78. The van der Waals surface area contributed by atoms with Crippen LogP contribution in [-0.4, -0.2) is 75.6 Å². The van der Waals surface area contributed by atoms with Crippen LogP contribution < -0.4 is 10.6 Å². The number of ketones is 1. The van der Waals surface area contributed by atoms with Crippen molar-refractivity contribution in [1.29, 1.82) is 0 Å². The number of rotatable bonds is 10. The first-order valence-corrected chi connectivity index (χ1v) is 16.9. The second kappa shape index (κ2) is 16.7. The summed E-state index contributed by atoms with van der Waals surface area (Å²) in [5.41, 5.74) is 2.92. The summed E-state index contributed by atoms with van der Waals surface area (Å²) in [6.07, 6.45) is 13.0. The first kappa shape index (κ1) is 35.7. The van der Waals surface area contributed by atoms with E-state index in [2.05, 4.69) is 38.6 Å². The SMILES string of the molecule is C[C@@H]1C(=O)CC(C(=O)NCOC(=O)C2CC(=O)N(C)C2c2cccnc2)C1c1cccnc1.C[C@@H]1CCC(CNCO)C1c1cccnc1. The van der Waals surface area contributed by atoms with Gasteiger partial charge in [0.15, 0.2) is 6.73 Å². The largest absolute Gasteiger partial charge is 0.444 e. The van der Waals surface area contributed by atoms with Gasteiger partial charge in [0.25, 0.3) is 0 Å². The molecule has 0 aromatic carbocycles. The molecule has 0 spiro atoms. The lowest BCUT2D eigenvalue weighted by Crippen LogP contribution is -2.36. The van der Waals surface area contributed by atoms with Crippen LogP contribution in [0.1, 0.15) is 74.1 Å². The van der Waals surface area contributed by atoms with E-state index in [4.69, 9.17) is 9.84 Å².